The first-order valence-electron chi connectivity index (χ1n) is 9.31. The van der Waals surface area contributed by atoms with Gasteiger partial charge in [-0.2, -0.15) is 0 Å². The number of nitrogens with zero attached hydrogens (tertiary/aromatic N) is 5. The van der Waals surface area contributed by atoms with Gasteiger partial charge in [0.2, 0.25) is 0 Å². The van der Waals surface area contributed by atoms with Crippen LogP contribution >= 0.6 is 11.8 Å². The first-order valence-corrected chi connectivity index (χ1v) is 10.3. The maximum atomic E-state index is 4.67. The number of hydrogen-bond donors (Lipinski definition) is 0. The van der Waals surface area contributed by atoms with E-state index in [1.807, 2.05) is 24.4 Å². The molecule has 1 saturated carbocycles. The lowest BCUT2D eigenvalue weighted by molar-refractivity contribution is 0.347. The topological polar surface area (TPSA) is 48.0 Å². The zero-order valence-corrected chi connectivity index (χ0v) is 15.6. The Labute approximate surface area is 152 Å². The normalized spacial score (nSPS) is 15.9. The highest BCUT2D eigenvalue weighted by molar-refractivity contribution is 7.98. The molecule has 3 aromatic heterocycles. The van der Waals surface area contributed by atoms with E-state index in [2.05, 4.69) is 37.3 Å². The van der Waals surface area contributed by atoms with Gasteiger partial charge in [0.25, 0.3) is 0 Å². The third-order valence-corrected chi connectivity index (χ3v) is 6.07. The van der Waals surface area contributed by atoms with Crippen molar-refractivity contribution >= 4 is 17.4 Å². The molecule has 0 aromatic carbocycles. The molecular formula is C19H25N5S. The fourth-order valence-electron chi connectivity index (χ4n) is 3.74. The Hall–Kier alpha value is -1.82. The molecule has 0 unspecified atom stereocenters. The molecule has 132 valence electrons. The van der Waals surface area contributed by atoms with Crippen molar-refractivity contribution < 1.29 is 0 Å². The van der Waals surface area contributed by atoms with Gasteiger partial charge in [0, 0.05) is 31.1 Å². The zero-order valence-electron chi connectivity index (χ0n) is 14.8. The van der Waals surface area contributed by atoms with Crippen molar-refractivity contribution in [1.29, 1.82) is 0 Å². The van der Waals surface area contributed by atoms with E-state index in [9.17, 15) is 0 Å². The lowest BCUT2D eigenvalue weighted by Crippen LogP contribution is -2.13. The maximum Gasteiger partial charge on any atom is 0.191 e. The summed E-state index contributed by atoms with van der Waals surface area (Å²) in [5.74, 6) is 2.77. The number of hydrogen-bond acceptors (Lipinski definition) is 4. The van der Waals surface area contributed by atoms with Crippen molar-refractivity contribution in [3.8, 4) is 0 Å². The number of thioether (sulfide) groups is 1. The molecule has 0 spiro atoms. The van der Waals surface area contributed by atoms with Crippen molar-refractivity contribution in [1.82, 2.24) is 24.1 Å². The minimum atomic E-state index is 0.791. The average Bonchev–Trinajstić information content (AvgIpc) is 3.23. The number of fused-ring (bicyclic) bond motifs is 1. The largest absolute Gasteiger partial charge is 0.307 e. The second-order valence-corrected chi connectivity index (χ2v) is 7.78. The molecule has 0 atom stereocenters. The van der Waals surface area contributed by atoms with E-state index in [-0.39, 0.29) is 0 Å². The molecule has 0 N–H and O–H groups in total. The van der Waals surface area contributed by atoms with Gasteiger partial charge in [-0.15, -0.1) is 10.2 Å². The van der Waals surface area contributed by atoms with Crippen LogP contribution in [0.15, 0.2) is 35.7 Å². The van der Waals surface area contributed by atoms with Gasteiger partial charge < -0.3 is 8.97 Å². The Morgan fingerprint density at radius 2 is 2.04 bits per heavy atom. The van der Waals surface area contributed by atoms with Crippen LogP contribution in [0.4, 0.5) is 0 Å². The summed E-state index contributed by atoms with van der Waals surface area (Å²) in [5, 5.41) is 9.98. The van der Waals surface area contributed by atoms with Gasteiger partial charge in [0.05, 0.1) is 5.69 Å². The van der Waals surface area contributed by atoms with Crippen LogP contribution in [0.3, 0.4) is 0 Å². The van der Waals surface area contributed by atoms with Gasteiger partial charge in [-0.3, -0.25) is 0 Å². The molecule has 1 aliphatic carbocycles. The second-order valence-electron chi connectivity index (χ2n) is 6.84. The first-order chi connectivity index (χ1) is 12.3. The SMILES string of the molecule is CCn1c(CC2CCCCC2)nnc1SCc1cn2ccccc2n1. The lowest BCUT2D eigenvalue weighted by Gasteiger charge is -2.21. The second kappa shape index (κ2) is 7.60. The van der Waals surface area contributed by atoms with E-state index >= 15 is 0 Å². The number of imidazole rings is 1. The Morgan fingerprint density at radius 3 is 2.84 bits per heavy atom. The van der Waals surface area contributed by atoms with Crippen LogP contribution < -0.4 is 0 Å². The van der Waals surface area contributed by atoms with E-state index < -0.39 is 0 Å². The molecule has 0 bridgehead atoms. The van der Waals surface area contributed by atoms with Crippen molar-refractivity contribution in [3.63, 3.8) is 0 Å². The molecule has 0 saturated heterocycles. The fraction of sp³-hybridized carbons (Fsp3) is 0.526. The Balaban J connectivity index is 1.44. The quantitative estimate of drug-likeness (QED) is 0.616. The van der Waals surface area contributed by atoms with Crippen LogP contribution in [0.25, 0.3) is 5.65 Å². The van der Waals surface area contributed by atoms with E-state index in [1.54, 1.807) is 11.8 Å². The van der Waals surface area contributed by atoms with Gasteiger partial charge in [-0.25, -0.2) is 4.98 Å². The molecule has 0 radical (unpaired) electrons. The highest BCUT2D eigenvalue weighted by atomic mass is 32.2. The Kier molecular flexibility index (Phi) is 5.06. The molecule has 0 amide bonds. The van der Waals surface area contributed by atoms with E-state index in [4.69, 9.17) is 0 Å². The highest BCUT2D eigenvalue weighted by Gasteiger charge is 2.19. The summed E-state index contributed by atoms with van der Waals surface area (Å²) in [6, 6.07) is 6.08. The summed E-state index contributed by atoms with van der Waals surface area (Å²) in [7, 11) is 0. The molecule has 5 nitrogen and oxygen atoms in total. The van der Waals surface area contributed by atoms with E-state index in [1.165, 1.54) is 32.1 Å². The van der Waals surface area contributed by atoms with Crippen LogP contribution in [0, 0.1) is 5.92 Å². The molecule has 4 rings (SSSR count). The summed E-state index contributed by atoms with van der Waals surface area (Å²) < 4.78 is 4.35. The molecule has 0 aliphatic heterocycles. The van der Waals surface area contributed by atoms with Gasteiger partial charge >= 0.3 is 0 Å². The van der Waals surface area contributed by atoms with E-state index in [0.29, 0.717) is 0 Å². The molecule has 1 aliphatic rings. The van der Waals surface area contributed by atoms with Gasteiger partial charge in [-0.05, 0) is 25.0 Å². The predicted molar refractivity (Wildman–Crippen MR) is 101 cm³/mol. The average molecular weight is 356 g/mol. The minimum absolute atomic E-state index is 0.791. The summed E-state index contributed by atoms with van der Waals surface area (Å²) >= 11 is 1.74. The van der Waals surface area contributed by atoms with Crippen molar-refractivity contribution in [2.75, 3.05) is 0 Å². The van der Waals surface area contributed by atoms with Crippen LogP contribution in [-0.4, -0.2) is 24.1 Å². The summed E-state index contributed by atoms with van der Waals surface area (Å²) in [5.41, 5.74) is 2.07. The molecule has 3 heterocycles. The third-order valence-electron chi connectivity index (χ3n) is 5.07. The standard InChI is InChI=1S/C19H25N5S/c1-2-24-18(12-15-8-4-3-5-9-15)21-22-19(24)25-14-16-13-23-11-7-6-10-17(23)20-16/h6-7,10-11,13,15H,2-5,8-9,12,14H2,1H3. The molecule has 6 heteroatoms. The fourth-order valence-corrected chi connectivity index (χ4v) is 4.64. The molecule has 25 heavy (non-hydrogen) atoms. The van der Waals surface area contributed by atoms with Crippen LogP contribution in [-0.2, 0) is 18.7 Å². The Morgan fingerprint density at radius 1 is 1.16 bits per heavy atom. The van der Waals surface area contributed by atoms with Crippen LogP contribution in [0.5, 0.6) is 0 Å². The van der Waals surface area contributed by atoms with Gasteiger partial charge in [0.1, 0.15) is 11.5 Å². The van der Waals surface area contributed by atoms with Gasteiger partial charge in [-0.1, -0.05) is 49.9 Å². The molecule has 1 fully saturated rings. The van der Waals surface area contributed by atoms with Crippen molar-refractivity contribution in [3.05, 3.63) is 42.1 Å². The smallest absolute Gasteiger partial charge is 0.191 e. The van der Waals surface area contributed by atoms with Crippen LogP contribution in [0.1, 0.15) is 50.5 Å². The van der Waals surface area contributed by atoms with Crippen LogP contribution in [0.2, 0.25) is 0 Å². The highest BCUT2D eigenvalue weighted by Crippen LogP contribution is 2.28. The lowest BCUT2D eigenvalue weighted by atomic mass is 9.87. The molecular weight excluding hydrogens is 330 g/mol. The van der Waals surface area contributed by atoms with Gasteiger partial charge in [0.15, 0.2) is 5.16 Å². The van der Waals surface area contributed by atoms with E-state index in [0.717, 1.165) is 47.0 Å². The summed E-state index contributed by atoms with van der Waals surface area (Å²) in [6.45, 7) is 3.12. The number of aromatic nitrogens is 5. The zero-order chi connectivity index (χ0) is 17.1. The number of pyridine rings is 1. The molecule has 3 aromatic rings. The van der Waals surface area contributed by atoms with Crippen molar-refractivity contribution in [2.45, 2.75) is 62.9 Å². The number of rotatable bonds is 6. The Bertz CT molecular complexity index is 798. The summed E-state index contributed by atoms with van der Waals surface area (Å²) in [4.78, 5) is 4.67. The first kappa shape index (κ1) is 16.6. The summed E-state index contributed by atoms with van der Waals surface area (Å²) in [6.07, 6.45) is 12.1. The predicted octanol–water partition coefficient (Wildman–Crippen LogP) is 4.36. The maximum absolute atomic E-state index is 4.67. The monoisotopic (exact) mass is 355 g/mol. The van der Waals surface area contributed by atoms with Crippen molar-refractivity contribution in [2.24, 2.45) is 5.92 Å². The minimum Gasteiger partial charge on any atom is -0.307 e. The third kappa shape index (κ3) is 3.73.